The highest BCUT2D eigenvalue weighted by Gasteiger charge is 2.19. The number of ether oxygens (including phenoxy) is 3. The molecule has 0 rings (SSSR count). The van der Waals surface area contributed by atoms with Crippen LogP contribution in [0.2, 0.25) is 0 Å². The van der Waals surface area contributed by atoms with Gasteiger partial charge in [-0.3, -0.25) is 14.4 Å². The van der Waals surface area contributed by atoms with Crippen molar-refractivity contribution in [2.75, 3.05) is 13.2 Å². The van der Waals surface area contributed by atoms with Gasteiger partial charge in [-0.15, -0.1) is 0 Å². The van der Waals surface area contributed by atoms with E-state index < -0.39 is 6.10 Å². The van der Waals surface area contributed by atoms with Crippen molar-refractivity contribution in [1.29, 1.82) is 0 Å². The van der Waals surface area contributed by atoms with Crippen LogP contribution in [0.3, 0.4) is 0 Å². The molecule has 0 heterocycles. The molecule has 0 spiro atoms. The second kappa shape index (κ2) is 49.2. The molecule has 0 fully saturated rings. The van der Waals surface area contributed by atoms with Crippen LogP contribution in [0.1, 0.15) is 226 Å². The van der Waals surface area contributed by atoms with Crippen molar-refractivity contribution in [2.24, 2.45) is 0 Å². The average Bonchev–Trinajstić information content (AvgIpc) is 3.26. The maximum absolute atomic E-state index is 12.7. The normalized spacial score (nSPS) is 12.8. The number of esters is 3. The first-order valence-electron chi connectivity index (χ1n) is 25.1. The van der Waals surface area contributed by atoms with Gasteiger partial charge in [-0.2, -0.15) is 0 Å². The molecule has 1 atom stereocenters. The number of carbonyl (C=O) groups excluding carboxylic acids is 3. The average molecular weight is 849 g/mol. The Balaban J connectivity index is 4.47. The monoisotopic (exact) mass is 849 g/mol. The van der Waals surface area contributed by atoms with Gasteiger partial charge in [0.25, 0.3) is 0 Å². The summed E-state index contributed by atoms with van der Waals surface area (Å²) in [6.45, 7) is 6.47. The quantitative estimate of drug-likeness (QED) is 0.0263. The zero-order valence-electron chi connectivity index (χ0n) is 39.7. The molecule has 61 heavy (non-hydrogen) atoms. The predicted molar refractivity (Wildman–Crippen MR) is 261 cm³/mol. The van der Waals surface area contributed by atoms with Gasteiger partial charge in [0.1, 0.15) is 13.2 Å². The Morgan fingerprint density at radius 3 is 1.02 bits per heavy atom. The lowest BCUT2D eigenvalue weighted by atomic mass is 10.1. The van der Waals surface area contributed by atoms with Gasteiger partial charge in [0.05, 0.1) is 0 Å². The first kappa shape index (κ1) is 57.6. The molecule has 0 aliphatic rings. The highest BCUT2D eigenvalue weighted by molar-refractivity contribution is 5.71. The van der Waals surface area contributed by atoms with Crippen LogP contribution >= 0.6 is 0 Å². The third kappa shape index (κ3) is 47.5. The second-order valence-corrected chi connectivity index (χ2v) is 16.4. The molecule has 0 aliphatic carbocycles. The summed E-state index contributed by atoms with van der Waals surface area (Å²) >= 11 is 0. The van der Waals surface area contributed by atoms with Gasteiger partial charge in [-0.25, -0.2) is 0 Å². The predicted octanol–water partition coefficient (Wildman–Crippen LogP) is 16.4. The van der Waals surface area contributed by atoms with Gasteiger partial charge in [-0.1, -0.05) is 176 Å². The molecule has 0 amide bonds. The first-order chi connectivity index (χ1) is 30.0. The Morgan fingerprint density at radius 2 is 0.607 bits per heavy atom. The molecule has 0 aromatic heterocycles. The fourth-order valence-electron chi connectivity index (χ4n) is 6.49. The number of hydrogen-bond donors (Lipinski definition) is 0. The zero-order chi connectivity index (χ0) is 44.4. The second-order valence-electron chi connectivity index (χ2n) is 16.4. The van der Waals surface area contributed by atoms with E-state index in [0.29, 0.717) is 19.3 Å². The molecule has 0 aromatic rings. The van der Waals surface area contributed by atoms with E-state index in [9.17, 15) is 14.4 Å². The van der Waals surface area contributed by atoms with Crippen molar-refractivity contribution in [3.8, 4) is 0 Å². The summed E-state index contributed by atoms with van der Waals surface area (Å²) < 4.78 is 16.7. The summed E-state index contributed by atoms with van der Waals surface area (Å²) in [6.07, 6.45) is 62.8. The lowest BCUT2D eigenvalue weighted by molar-refractivity contribution is -0.167. The fourth-order valence-corrected chi connectivity index (χ4v) is 6.49. The van der Waals surface area contributed by atoms with Crippen LogP contribution in [-0.4, -0.2) is 37.2 Å². The number of unbranched alkanes of at least 4 members (excludes halogenated alkanes) is 19. The molecule has 0 saturated carbocycles. The van der Waals surface area contributed by atoms with Crippen molar-refractivity contribution >= 4 is 17.9 Å². The van der Waals surface area contributed by atoms with Crippen molar-refractivity contribution in [1.82, 2.24) is 0 Å². The fraction of sp³-hybridized carbons (Fsp3) is 0.691. The Kier molecular flexibility index (Phi) is 46.5. The van der Waals surface area contributed by atoms with Gasteiger partial charge < -0.3 is 14.2 Å². The van der Waals surface area contributed by atoms with Crippen LogP contribution < -0.4 is 0 Å². The van der Waals surface area contributed by atoms with Crippen LogP contribution in [0.4, 0.5) is 0 Å². The van der Waals surface area contributed by atoms with E-state index in [1.165, 1.54) is 77.0 Å². The standard InChI is InChI=1S/C55H92O6/c1-4-7-10-13-16-19-22-24-26-27-29-31-34-36-39-42-45-48-54(57)60-51-52(61-55(58)49-46-43-40-37-32-21-18-15-12-9-6-3)50-59-53(56)47-44-41-38-35-33-30-28-25-23-20-17-14-11-8-5-2/h15-20,24-26,28-29,31,33,35,52H,4-14,21-23,27,30,32,34,36-51H2,1-3H3/b18-15-,19-16-,20-17-,26-24-,28-25-,31-29-,35-33-/t52-/m0/s1. The smallest absolute Gasteiger partial charge is 0.306 e. The summed E-state index contributed by atoms with van der Waals surface area (Å²) in [4.78, 5) is 37.9. The van der Waals surface area contributed by atoms with Crippen molar-refractivity contribution in [2.45, 2.75) is 232 Å². The Morgan fingerprint density at radius 1 is 0.328 bits per heavy atom. The maximum Gasteiger partial charge on any atom is 0.306 e. The number of rotatable bonds is 44. The van der Waals surface area contributed by atoms with Gasteiger partial charge >= 0.3 is 17.9 Å². The van der Waals surface area contributed by atoms with Crippen molar-refractivity contribution in [3.63, 3.8) is 0 Å². The lowest BCUT2D eigenvalue weighted by Gasteiger charge is -2.18. The molecular weight excluding hydrogens is 757 g/mol. The minimum absolute atomic E-state index is 0.105. The Hall–Kier alpha value is -3.41. The SMILES string of the molecule is CCCC/C=C\CCCCCCCC(=O)O[C@@H](COC(=O)CCCC/C=C\C/C=C\C/C=C\CCCCC)COC(=O)CCCCCC/C=C\C/C=C\C/C=C\CCCCC. The van der Waals surface area contributed by atoms with Crippen LogP contribution in [-0.2, 0) is 28.6 Å². The van der Waals surface area contributed by atoms with E-state index in [1.807, 2.05) is 0 Å². The van der Waals surface area contributed by atoms with Gasteiger partial charge in [0.15, 0.2) is 6.10 Å². The number of carbonyl (C=O) groups is 3. The molecule has 0 unspecified atom stereocenters. The summed E-state index contributed by atoms with van der Waals surface area (Å²) in [5.41, 5.74) is 0. The Labute approximate surface area is 375 Å². The molecule has 6 heteroatoms. The van der Waals surface area contributed by atoms with Gasteiger partial charge in [0.2, 0.25) is 0 Å². The van der Waals surface area contributed by atoms with E-state index in [-0.39, 0.29) is 31.1 Å². The Bertz CT molecular complexity index is 1200. The summed E-state index contributed by atoms with van der Waals surface area (Å²) in [5, 5.41) is 0. The molecule has 0 radical (unpaired) electrons. The lowest BCUT2D eigenvalue weighted by Crippen LogP contribution is -2.30. The molecule has 6 nitrogen and oxygen atoms in total. The molecule has 0 aromatic carbocycles. The molecule has 0 aliphatic heterocycles. The zero-order valence-corrected chi connectivity index (χ0v) is 39.7. The third-order valence-corrected chi connectivity index (χ3v) is 10.3. The topological polar surface area (TPSA) is 78.9 Å². The third-order valence-electron chi connectivity index (χ3n) is 10.3. The molecule has 348 valence electrons. The number of allylic oxidation sites excluding steroid dienone is 14. The van der Waals surface area contributed by atoms with Crippen molar-refractivity contribution in [3.05, 3.63) is 85.1 Å². The molecule has 0 bridgehead atoms. The van der Waals surface area contributed by atoms with Crippen LogP contribution in [0.5, 0.6) is 0 Å². The maximum atomic E-state index is 12.7. The van der Waals surface area contributed by atoms with Crippen LogP contribution in [0, 0.1) is 0 Å². The molecule has 0 N–H and O–H groups in total. The summed E-state index contributed by atoms with van der Waals surface area (Å²) in [7, 11) is 0. The van der Waals surface area contributed by atoms with E-state index in [4.69, 9.17) is 14.2 Å². The highest BCUT2D eigenvalue weighted by atomic mass is 16.6. The minimum atomic E-state index is -0.805. The van der Waals surface area contributed by atoms with Crippen molar-refractivity contribution < 1.29 is 28.6 Å². The highest BCUT2D eigenvalue weighted by Crippen LogP contribution is 2.12. The van der Waals surface area contributed by atoms with E-state index in [1.54, 1.807) is 0 Å². The van der Waals surface area contributed by atoms with E-state index >= 15 is 0 Å². The van der Waals surface area contributed by atoms with E-state index in [2.05, 4.69) is 106 Å². The molecule has 0 saturated heterocycles. The molecular formula is C55H92O6. The summed E-state index contributed by atoms with van der Waals surface area (Å²) in [6, 6.07) is 0. The summed E-state index contributed by atoms with van der Waals surface area (Å²) in [5.74, 6) is -0.977. The van der Waals surface area contributed by atoms with Crippen LogP contribution in [0.25, 0.3) is 0 Å². The minimum Gasteiger partial charge on any atom is -0.462 e. The number of hydrogen-bond acceptors (Lipinski definition) is 6. The van der Waals surface area contributed by atoms with Gasteiger partial charge in [0, 0.05) is 19.3 Å². The van der Waals surface area contributed by atoms with E-state index in [0.717, 1.165) is 109 Å². The van der Waals surface area contributed by atoms with Gasteiger partial charge in [-0.05, 0) is 116 Å². The first-order valence-corrected chi connectivity index (χ1v) is 25.1. The largest absolute Gasteiger partial charge is 0.462 e. The van der Waals surface area contributed by atoms with Crippen LogP contribution in [0.15, 0.2) is 85.1 Å².